The summed E-state index contributed by atoms with van der Waals surface area (Å²) >= 11 is 0. The molecule has 0 aromatic carbocycles. The highest BCUT2D eigenvalue weighted by atomic mass is 16.8. The summed E-state index contributed by atoms with van der Waals surface area (Å²) in [6.45, 7) is 14.3. The fraction of sp³-hybridized carbons (Fsp3) is 0.943. The molecule has 0 aromatic rings. The molecule has 4 saturated carbocycles. The zero-order valence-corrected chi connectivity index (χ0v) is 27.8. The number of hydrogen-bond donors (Lipinski definition) is 6. The van der Waals surface area contributed by atoms with Crippen molar-refractivity contribution in [3.63, 3.8) is 0 Å². The average molecular weight is 635 g/mol. The van der Waals surface area contributed by atoms with Crippen LogP contribution in [-0.4, -0.2) is 104 Å². The zero-order chi connectivity index (χ0) is 32.5. The quantitative estimate of drug-likeness (QED) is 0.254. The molecule has 3 heterocycles. The van der Waals surface area contributed by atoms with Gasteiger partial charge in [0.2, 0.25) is 0 Å². The second kappa shape index (κ2) is 9.11. The maximum Gasteiger partial charge on any atom is 0.200 e. The molecule has 3 saturated heterocycles. The molecular weight excluding hydrogens is 580 g/mol. The van der Waals surface area contributed by atoms with Crippen molar-refractivity contribution in [2.24, 2.45) is 44.8 Å². The van der Waals surface area contributed by atoms with Gasteiger partial charge in [-0.3, -0.25) is 0 Å². The van der Waals surface area contributed by atoms with Crippen LogP contribution in [0.15, 0.2) is 11.6 Å². The first kappa shape index (κ1) is 31.6. The van der Waals surface area contributed by atoms with Crippen LogP contribution in [0.5, 0.6) is 0 Å². The molecule has 8 aliphatic rings. The number of fused-ring (bicyclic) bond motifs is 4. The van der Waals surface area contributed by atoms with E-state index < -0.39 is 65.1 Å². The van der Waals surface area contributed by atoms with Gasteiger partial charge in [0.05, 0.1) is 30.5 Å². The minimum atomic E-state index is -1.33. The van der Waals surface area contributed by atoms with Gasteiger partial charge in [0.15, 0.2) is 12.1 Å². The van der Waals surface area contributed by atoms with Crippen LogP contribution in [0.2, 0.25) is 0 Å². The Morgan fingerprint density at radius 1 is 1.00 bits per heavy atom. The molecule has 3 aliphatic heterocycles. The summed E-state index contributed by atoms with van der Waals surface area (Å²) in [5.74, 6) is -1.18. The van der Waals surface area contributed by atoms with Crippen LogP contribution >= 0.6 is 0 Å². The largest absolute Gasteiger partial charge is 0.392 e. The van der Waals surface area contributed by atoms with Crippen molar-refractivity contribution >= 4 is 0 Å². The first-order chi connectivity index (χ1) is 20.8. The maximum absolute atomic E-state index is 12.6. The van der Waals surface area contributed by atoms with Crippen LogP contribution in [0.3, 0.4) is 0 Å². The van der Waals surface area contributed by atoms with Gasteiger partial charge in [0.1, 0.15) is 30.5 Å². The summed E-state index contributed by atoms with van der Waals surface area (Å²) < 4.78 is 25.5. The molecule has 10 nitrogen and oxygen atoms in total. The Hall–Kier alpha value is -0.660. The lowest BCUT2D eigenvalue weighted by Gasteiger charge is -2.61. The van der Waals surface area contributed by atoms with Crippen molar-refractivity contribution in [2.45, 2.75) is 154 Å². The van der Waals surface area contributed by atoms with E-state index in [-0.39, 0.29) is 52.8 Å². The number of ether oxygens (including phenoxy) is 4. The van der Waals surface area contributed by atoms with E-state index in [1.54, 1.807) is 13.8 Å². The predicted molar refractivity (Wildman–Crippen MR) is 160 cm³/mol. The zero-order valence-electron chi connectivity index (χ0n) is 27.8. The van der Waals surface area contributed by atoms with Crippen molar-refractivity contribution in [2.75, 3.05) is 6.61 Å². The Bertz CT molecular complexity index is 1300. The molecular formula is C35H54O10. The van der Waals surface area contributed by atoms with Crippen LogP contribution < -0.4 is 0 Å². The third-order valence-corrected chi connectivity index (χ3v) is 15.3. The van der Waals surface area contributed by atoms with Gasteiger partial charge in [0.25, 0.3) is 0 Å². The molecule has 2 unspecified atom stereocenters. The van der Waals surface area contributed by atoms with E-state index in [4.69, 9.17) is 18.9 Å². The lowest BCUT2D eigenvalue weighted by atomic mass is 9.44. The highest BCUT2D eigenvalue weighted by Gasteiger charge is 2.88. The van der Waals surface area contributed by atoms with Crippen molar-refractivity contribution in [3.8, 4) is 0 Å². The van der Waals surface area contributed by atoms with E-state index in [0.717, 1.165) is 25.7 Å². The van der Waals surface area contributed by atoms with Gasteiger partial charge in [-0.05, 0) is 75.0 Å². The van der Waals surface area contributed by atoms with Gasteiger partial charge in [-0.1, -0.05) is 46.3 Å². The van der Waals surface area contributed by atoms with Crippen molar-refractivity contribution in [3.05, 3.63) is 11.6 Å². The van der Waals surface area contributed by atoms with Crippen LogP contribution in [0.1, 0.15) is 87.0 Å². The molecule has 17 atom stereocenters. The summed E-state index contributed by atoms with van der Waals surface area (Å²) in [6, 6.07) is 0. The molecule has 0 radical (unpaired) electrons. The number of aliphatic hydroxyl groups excluding tert-OH is 5. The highest BCUT2D eigenvalue weighted by molar-refractivity contribution is 5.49. The topological polar surface area (TPSA) is 158 Å². The van der Waals surface area contributed by atoms with Crippen molar-refractivity contribution in [1.82, 2.24) is 0 Å². The summed E-state index contributed by atoms with van der Waals surface area (Å²) in [5.41, 5.74) is -2.00. The van der Waals surface area contributed by atoms with Gasteiger partial charge in [-0.25, -0.2) is 0 Å². The second-order valence-corrected chi connectivity index (χ2v) is 17.9. The fourth-order valence-electron chi connectivity index (χ4n) is 13.2. The molecule has 0 aromatic heterocycles. The lowest BCUT2D eigenvalue weighted by molar-refractivity contribution is -0.301. The fourth-order valence-corrected chi connectivity index (χ4v) is 13.2. The van der Waals surface area contributed by atoms with Gasteiger partial charge in [-0.2, -0.15) is 0 Å². The maximum atomic E-state index is 12.6. The van der Waals surface area contributed by atoms with E-state index in [9.17, 15) is 30.6 Å². The Balaban J connectivity index is 1.15. The predicted octanol–water partition coefficient (Wildman–Crippen LogP) is 2.01. The van der Waals surface area contributed by atoms with E-state index in [2.05, 4.69) is 40.7 Å². The van der Waals surface area contributed by atoms with E-state index in [1.807, 2.05) is 0 Å². The van der Waals surface area contributed by atoms with E-state index in [1.165, 1.54) is 5.57 Å². The molecule has 254 valence electrons. The first-order valence-corrected chi connectivity index (χ1v) is 17.3. The Kier molecular flexibility index (Phi) is 6.40. The van der Waals surface area contributed by atoms with Crippen LogP contribution in [0, 0.1) is 44.8 Å². The van der Waals surface area contributed by atoms with E-state index in [0.29, 0.717) is 12.8 Å². The van der Waals surface area contributed by atoms with E-state index >= 15 is 0 Å². The molecule has 10 heteroatoms. The highest BCUT2D eigenvalue weighted by Crippen LogP contribution is 2.89. The first-order valence-electron chi connectivity index (χ1n) is 17.3. The van der Waals surface area contributed by atoms with Crippen molar-refractivity contribution < 1.29 is 49.6 Å². The Morgan fingerprint density at radius 3 is 2.40 bits per heavy atom. The van der Waals surface area contributed by atoms with Crippen LogP contribution in [0.25, 0.3) is 0 Å². The van der Waals surface area contributed by atoms with Gasteiger partial charge in [-0.15, -0.1) is 0 Å². The number of rotatable bonds is 3. The lowest BCUT2D eigenvalue weighted by Crippen LogP contribution is -2.61. The third-order valence-electron chi connectivity index (χ3n) is 15.3. The number of hydrogen-bond acceptors (Lipinski definition) is 10. The molecule has 6 N–H and O–H groups in total. The number of allylic oxidation sites excluding steroid dienone is 1. The molecule has 7 fully saturated rings. The Labute approximate surface area is 266 Å². The molecule has 3 spiro atoms. The Morgan fingerprint density at radius 2 is 1.71 bits per heavy atom. The summed E-state index contributed by atoms with van der Waals surface area (Å²) in [7, 11) is 0. The van der Waals surface area contributed by atoms with Crippen LogP contribution in [-0.2, 0) is 18.9 Å². The molecule has 5 aliphatic carbocycles. The normalized spacial score (nSPS) is 61.0. The standard InChI is InChI=1S/C35H54O10/c1-16-12-18-26(30(4,5)41)45-35(44-18)25(16)32(7)21(37)13-34-15-33(34)11-10-22(43-27-24(39)23(38)17(36)14-42-27)29(2,3)19(33)8-9-20(34)31(32,6)28(35)40/h9,16-19,21-28,36-41H,8,10-15H2,1-7H3/t16-,17+,18-,19+,21-,22+,23+,24-,25?,26+,27+,28-,31-,32-,33-,34+,35?/m1/s1. The van der Waals surface area contributed by atoms with Gasteiger partial charge in [0, 0.05) is 22.2 Å². The minimum absolute atomic E-state index is 0.0557. The smallest absolute Gasteiger partial charge is 0.200 e. The van der Waals surface area contributed by atoms with Crippen molar-refractivity contribution in [1.29, 1.82) is 0 Å². The molecule has 2 bridgehead atoms. The molecule has 45 heavy (non-hydrogen) atoms. The molecule has 8 rings (SSSR count). The summed E-state index contributed by atoms with van der Waals surface area (Å²) in [4.78, 5) is 0. The number of aliphatic hydroxyl groups is 6. The van der Waals surface area contributed by atoms with Gasteiger partial charge < -0.3 is 49.6 Å². The monoisotopic (exact) mass is 634 g/mol. The third kappa shape index (κ3) is 3.46. The second-order valence-electron chi connectivity index (χ2n) is 17.9. The molecule has 0 amide bonds. The summed E-state index contributed by atoms with van der Waals surface area (Å²) in [6.07, 6.45) is -0.571. The minimum Gasteiger partial charge on any atom is -0.392 e. The van der Waals surface area contributed by atoms with Gasteiger partial charge >= 0.3 is 0 Å². The summed E-state index contributed by atoms with van der Waals surface area (Å²) in [5, 5.41) is 66.9. The average Bonchev–Trinajstić information content (AvgIpc) is 3.44. The SMILES string of the molecule is C[C@@H]1C[C@H]2OC3(O[C@@H]2C(C)(C)O)C1[C@@]1(C)[C@H](O)C[C@@]24C[C@@]25CC[C@H](O[C@@H]2OC[C@H](O)[C@H](O)[C@H]2O)C(C)(C)[C@@H]5CC=C4[C@]1(C)[C@H]3O. The van der Waals surface area contributed by atoms with Crippen LogP contribution in [0.4, 0.5) is 0 Å².